The zero-order valence-electron chi connectivity index (χ0n) is 20.4. The summed E-state index contributed by atoms with van der Waals surface area (Å²) in [5.74, 6) is -0.403. The fourth-order valence-electron chi connectivity index (χ4n) is 4.91. The molecule has 7 nitrogen and oxygen atoms in total. The lowest BCUT2D eigenvalue weighted by molar-refractivity contribution is -0.00280. The van der Waals surface area contributed by atoms with E-state index >= 15 is 0 Å². The van der Waals surface area contributed by atoms with Crippen molar-refractivity contribution in [2.45, 2.75) is 66.0 Å². The van der Waals surface area contributed by atoms with E-state index in [1.807, 2.05) is 18.7 Å². The minimum atomic E-state index is -1.01. The molecule has 1 atom stereocenters. The van der Waals surface area contributed by atoms with Crippen molar-refractivity contribution in [1.29, 1.82) is 0 Å². The van der Waals surface area contributed by atoms with Crippen LogP contribution in [-0.4, -0.2) is 50.2 Å². The lowest BCUT2D eigenvalue weighted by atomic mass is 9.94. The van der Waals surface area contributed by atoms with Gasteiger partial charge in [-0.3, -0.25) is 14.8 Å². The molecule has 0 saturated heterocycles. The van der Waals surface area contributed by atoms with Crippen LogP contribution in [0.15, 0.2) is 18.2 Å². The number of carbonyl (C=O) groups excluding carboxylic acids is 1. The third-order valence-electron chi connectivity index (χ3n) is 6.82. The van der Waals surface area contributed by atoms with Crippen LogP contribution in [0.2, 0.25) is 0 Å². The zero-order chi connectivity index (χ0) is 25.0. The first-order valence-electron chi connectivity index (χ1n) is 12.0. The normalized spacial score (nSPS) is 18.1. The van der Waals surface area contributed by atoms with E-state index in [1.165, 1.54) is 17.4 Å². The smallest absolute Gasteiger partial charge is 0.261 e. The van der Waals surface area contributed by atoms with Gasteiger partial charge in [-0.25, -0.2) is 4.39 Å². The zero-order valence-corrected chi connectivity index (χ0v) is 21.2. The van der Waals surface area contributed by atoms with Gasteiger partial charge in [-0.1, -0.05) is 19.9 Å². The summed E-state index contributed by atoms with van der Waals surface area (Å²) in [5.41, 5.74) is 5.07. The number of H-pyrrole nitrogens is 1. The van der Waals surface area contributed by atoms with Crippen molar-refractivity contribution in [2.24, 2.45) is 5.92 Å². The quantitative estimate of drug-likeness (QED) is 0.451. The van der Waals surface area contributed by atoms with Crippen LogP contribution in [0.1, 0.15) is 64.4 Å². The number of nitrogens with one attached hydrogen (secondary N) is 1. The Hall–Kier alpha value is -2.75. The molecule has 2 aromatic heterocycles. The molecule has 0 radical (unpaired) electrons. The highest BCUT2D eigenvalue weighted by molar-refractivity contribution is 7.17. The second-order valence-corrected chi connectivity index (χ2v) is 11.1. The molecular formula is C26H31FN4O3S. The number of anilines is 1. The van der Waals surface area contributed by atoms with Crippen LogP contribution in [0.5, 0.6) is 0 Å². The SMILES string of the molecule is Cc1n[nH]c(C)c1Cc1sc2c(c1-c1ccc(F)c(CO)c1)C(=O)N(C1CC1)C(O)N2CC(C)C. The van der Waals surface area contributed by atoms with Crippen LogP contribution in [0.4, 0.5) is 9.39 Å². The number of hydrogen-bond donors (Lipinski definition) is 3. The fourth-order valence-corrected chi connectivity index (χ4v) is 6.26. The van der Waals surface area contributed by atoms with Crippen molar-refractivity contribution >= 4 is 22.2 Å². The van der Waals surface area contributed by atoms with Gasteiger partial charge >= 0.3 is 0 Å². The lowest BCUT2D eigenvalue weighted by Crippen LogP contribution is -2.56. The van der Waals surface area contributed by atoms with Crippen LogP contribution < -0.4 is 4.90 Å². The topological polar surface area (TPSA) is 92.7 Å². The number of nitrogens with zero attached hydrogens (tertiary/aromatic N) is 3. The number of benzene rings is 1. The van der Waals surface area contributed by atoms with Crippen molar-refractivity contribution in [1.82, 2.24) is 15.1 Å². The summed E-state index contributed by atoms with van der Waals surface area (Å²) in [4.78, 5) is 18.4. The molecule has 35 heavy (non-hydrogen) atoms. The van der Waals surface area contributed by atoms with Crippen molar-refractivity contribution in [3.63, 3.8) is 0 Å². The second-order valence-electron chi connectivity index (χ2n) is 9.97. The molecule has 0 bridgehead atoms. The number of aromatic amines is 1. The summed E-state index contributed by atoms with van der Waals surface area (Å²) >= 11 is 1.50. The molecule has 3 heterocycles. The number of thiophene rings is 1. The maximum absolute atomic E-state index is 14.3. The number of fused-ring (bicyclic) bond motifs is 1. The highest BCUT2D eigenvalue weighted by Crippen LogP contribution is 2.49. The second kappa shape index (κ2) is 9.04. The van der Waals surface area contributed by atoms with Crippen molar-refractivity contribution < 1.29 is 19.4 Å². The first kappa shape index (κ1) is 24.0. The first-order valence-corrected chi connectivity index (χ1v) is 12.9. The van der Waals surface area contributed by atoms with E-state index in [0.29, 0.717) is 24.1 Å². The van der Waals surface area contributed by atoms with Crippen molar-refractivity contribution in [3.05, 3.63) is 57.0 Å². The largest absolute Gasteiger partial charge is 0.392 e. The van der Waals surface area contributed by atoms with E-state index in [-0.39, 0.29) is 23.4 Å². The summed E-state index contributed by atoms with van der Waals surface area (Å²) in [6.07, 6.45) is 1.29. The predicted molar refractivity (Wildman–Crippen MR) is 134 cm³/mol. The molecule has 1 fully saturated rings. The minimum absolute atomic E-state index is 0.0242. The Balaban J connectivity index is 1.74. The average molecular weight is 499 g/mol. The number of aromatic nitrogens is 2. The van der Waals surface area contributed by atoms with Gasteiger partial charge in [0.15, 0.2) is 0 Å². The number of aryl methyl sites for hydroxylation is 2. The van der Waals surface area contributed by atoms with Crippen LogP contribution in [0, 0.1) is 25.6 Å². The van der Waals surface area contributed by atoms with Gasteiger partial charge in [0.1, 0.15) is 10.8 Å². The molecule has 3 aromatic rings. The molecule has 2 aliphatic rings. The maximum Gasteiger partial charge on any atom is 0.261 e. The Morgan fingerprint density at radius 1 is 1.26 bits per heavy atom. The monoisotopic (exact) mass is 498 g/mol. The molecule has 1 aliphatic carbocycles. The summed E-state index contributed by atoms with van der Waals surface area (Å²) in [5, 5.41) is 29.1. The van der Waals surface area contributed by atoms with Crippen LogP contribution in [0.25, 0.3) is 11.1 Å². The molecule has 1 amide bonds. The molecule has 3 N–H and O–H groups in total. The number of amides is 1. The standard InChI is InChI=1S/C26H31FN4O3S/c1-13(2)11-30-25-23(24(33)31(26(30)34)18-6-7-18)22(16-5-8-20(27)17(9-16)12-32)21(35-25)10-19-14(3)28-29-15(19)4/h5,8-9,13,18,26,32,34H,6-7,10-12H2,1-4H3,(H,28,29). The van der Waals surface area contributed by atoms with Gasteiger partial charge in [-0.2, -0.15) is 5.10 Å². The van der Waals surface area contributed by atoms with E-state index in [1.54, 1.807) is 17.0 Å². The molecule has 0 spiro atoms. The Morgan fingerprint density at radius 2 is 2.00 bits per heavy atom. The van der Waals surface area contributed by atoms with Gasteiger partial charge in [0, 0.05) is 46.3 Å². The molecule has 1 aromatic carbocycles. The third kappa shape index (κ3) is 4.15. The Bertz CT molecular complexity index is 1260. The van der Waals surface area contributed by atoms with Gasteiger partial charge in [-0.05, 0) is 50.3 Å². The summed E-state index contributed by atoms with van der Waals surface area (Å²) < 4.78 is 14.3. The van der Waals surface area contributed by atoms with E-state index in [4.69, 9.17) is 0 Å². The van der Waals surface area contributed by atoms with Crippen LogP contribution >= 0.6 is 11.3 Å². The maximum atomic E-state index is 14.3. The number of aliphatic hydroxyl groups is 2. The van der Waals surface area contributed by atoms with Gasteiger partial charge in [-0.15, -0.1) is 11.3 Å². The minimum Gasteiger partial charge on any atom is -0.392 e. The van der Waals surface area contributed by atoms with E-state index in [0.717, 1.165) is 45.2 Å². The molecule has 1 aliphatic heterocycles. The fraction of sp³-hybridized carbons (Fsp3) is 0.462. The Kier molecular flexibility index (Phi) is 6.19. The number of rotatable bonds is 7. The van der Waals surface area contributed by atoms with Crippen molar-refractivity contribution in [3.8, 4) is 11.1 Å². The molecule has 9 heteroatoms. The average Bonchev–Trinajstić information content (AvgIpc) is 3.50. The van der Waals surface area contributed by atoms with Gasteiger partial charge in [0.2, 0.25) is 6.35 Å². The van der Waals surface area contributed by atoms with Crippen LogP contribution in [-0.2, 0) is 13.0 Å². The summed E-state index contributed by atoms with van der Waals surface area (Å²) in [6.45, 7) is 8.26. The van der Waals surface area contributed by atoms with Crippen LogP contribution in [0.3, 0.4) is 0 Å². The Morgan fingerprint density at radius 3 is 2.60 bits per heavy atom. The van der Waals surface area contributed by atoms with Gasteiger partial charge < -0.3 is 15.1 Å². The van der Waals surface area contributed by atoms with Crippen molar-refractivity contribution in [2.75, 3.05) is 11.4 Å². The number of aliphatic hydroxyl groups excluding tert-OH is 2. The highest BCUT2D eigenvalue weighted by Gasteiger charge is 2.47. The van der Waals surface area contributed by atoms with Gasteiger partial charge in [0.05, 0.1) is 17.9 Å². The molecule has 5 rings (SSSR count). The number of carbonyl (C=O) groups is 1. The van der Waals surface area contributed by atoms with E-state index < -0.39 is 18.8 Å². The molecule has 186 valence electrons. The molecular weight excluding hydrogens is 467 g/mol. The first-order chi connectivity index (χ1) is 16.7. The number of hydrogen-bond acceptors (Lipinski definition) is 6. The Labute approximate surface area is 208 Å². The summed E-state index contributed by atoms with van der Waals surface area (Å²) in [7, 11) is 0. The van der Waals surface area contributed by atoms with E-state index in [2.05, 4.69) is 24.0 Å². The highest BCUT2D eigenvalue weighted by atomic mass is 32.1. The molecule has 1 saturated carbocycles. The third-order valence-corrected chi connectivity index (χ3v) is 8.05. The molecule has 1 unspecified atom stereocenters. The van der Waals surface area contributed by atoms with Gasteiger partial charge in [0.25, 0.3) is 5.91 Å². The predicted octanol–water partition coefficient (Wildman–Crippen LogP) is 4.33. The van der Waals surface area contributed by atoms with E-state index in [9.17, 15) is 19.4 Å². The number of halogens is 1. The lowest BCUT2D eigenvalue weighted by Gasteiger charge is -2.42. The summed E-state index contributed by atoms with van der Waals surface area (Å²) in [6, 6.07) is 4.66.